The van der Waals surface area contributed by atoms with Crippen LogP contribution >= 0.6 is 54.8 Å². The molecule has 0 saturated carbocycles. The van der Waals surface area contributed by atoms with E-state index in [1.807, 2.05) is 72.8 Å². The molecule has 1 aromatic heterocycles. The van der Waals surface area contributed by atoms with E-state index in [2.05, 4.69) is 36.9 Å². The van der Waals surface area contributed by atoms with E-state index in [1.54, 1.807) is 18.4 Å². The number of ether oxygens (including phenoxy) is 2. The molecule has 3 aromatic carbocycles. The van der Waals surface area contributed by atoms with E-state index in [0.29, 0.717) is 38.0 Å². The first-order chi connectivity index (χ1) is 19.2. The summed E-state index contributed by atoms with van der Waals surface area (Å²) in [4.78, 5) is 32.0. The van der Waals surface area contributed by atoms with Gasteiger partial charge in [0.25, 0.3) is 5.56 Å². The quantitative estimate of drug-likeness (QED) is 0.205. The minimum absolute atomic E-state index is 0.224. The molecular weight excluding hydrogens is 680 g/mol. The van der Waals surface area contributed by atoms with Crippen LogP contribution in [0.3, 0.4) is 0 Å². The Balaban J connectivity index is 1.51. The second-order valence-corrected chi connectivity index (χ2v) is 12.2. The van der Waals surface area contributed by atoms with E-state index < -0.39 is 12.0 Å². The fourth-order valence-corrected chi connectivity index (χ4v) is 6.32. The Kier molecular flexibility index (Phi) is 8.75. The molecule has 0 unspecified atom stereocenters. The Morgan fingerprint density at radius 1 is 1.10 bits per heavy atom. The van der Waals surface area contributed by atoms with Crippen molar-refractivity contribution in [3.05, 3.63) is 128 Å². The van der Waals surface area contributed by atoms with Gasteiger partial charge in [0.15, 0.2) is 4.80 Å². The first kappa shape index (κ1) is 28.5. The van der Waals surface area contributed by atoms with Gasteiger partial charge in [0, 0.05) is 9.50 Å². The zero-order valence-corrected chi connectivity index (χ0v) is 26.2. The van der Waals surface area contributed by atoms with Crippen LogP contribution < -0.4 is 19.6 Å². The average molecular weight is 703 g/mol. The Bertz CT molecular complexity index is 1800. The molecule has 10 heteroatoms. The third-order valence-electron chi connectivity index (χ3n) is 6.26. The number of carbonyl (C=O) groups is 1. The van der Waals surface area contributed by atoms with Crippen LogP contribution in [0, 0.1) is 0 Å². The van der Waals surface area contributed by atoms with Crippen LogP contribution in [0.15, 0.2) is 96.7 Å². The van der Waals surface area contributed by atoms with Crippen LogP contribution in [0.1, 0.15) is 36.6 Å². The fraction of sp³-hybridized carbons (Fsp3) is 0.167. The number of benzene rings is 3. The Labute approximate surface area is 256 Å². The number of rotatable bonds is 7. The van der Waals surface area contributed by atoms with Crippen LogP contribution in [-0.4, -0.2) is 17.1 Å². The lowest BCUT2D eigenvalue weighted by Crippen LogP contribution is -2.39. The summed E-state index contributed by atoms with van der Waals surface area (Å²) >= 11 is 14.3. The zero-order valence-electron chi connectivity index (χ0n) is 21.5. The number of carbonyl (C=O) groups excluding carboxylic acids is 1. The zero-order chi connectivity index (χ0) is 28.4. The lowest BCUT2D eigenvalue weighted by molar-refractivity contribution is -0.139. The second-order valence-electron chi connectivity index (χ2n) is 8.96. The second kappa shape index (κ2) is 12.3. The normalized spacial score (nSPS) is 15.0. The maximum atomic E-state index is 13.8. The third-order valence-corrected chi connectivity index (χ3v) is 8.65. The number of esters is 1. The number of thiazole rings is 1. The highest BCUT2D eigenvalue weighted by Crippen LogP contribution is 2.31. The molecule has 0 spiro atoms. The van der Waals surface area contributed by atoms with Gasteiger partial charge in [0.05, 0.1) is 32.9 Å². The molecule has 0 N–H and O–H groups in total. The molecule has 2 heterocycles. The van der Waals surface area contributed by atoms with Crippen LogP contribution in [0.25, 0.3) is 6.08 Å². The Hall–Kier alpha value is -2.98. The van der Waals surface area contributed by atoms with E-state index >= 15 is 0 Å². The number of hydrogen-bond donors (Lipinski definition) is 0. The molecule has 0 amide bonds. The topological polar surface area (TPSA) is 69.9 Å². The van der Waals surface area contributed by atoms with Crippen molar-refractivity contribution in [1.29, 1.82) is 0 Å². The van der Waals surface area contributed by atoms with Gasteiger partial charge in [0.2, 0.25) is 0 Å². The maximum absolute atomic E-state index is 13.8. The highest BCUT2D eigenvalue weighted by atomic mass is 79.9. The lowest BCUT2D eigenvalue weighted by Gasteiger charge is -2.24. The van der Waals surface area contributed by atoms with Crippen molar-refractivity contribution >= 4 is 66.8 Å². The Morgan fingerprint density at radius 3 is 2.50 bits per heavy atom. The minimum atomic E-state index is -0.652. The summed E-state index contributed by atoms with van der Waals surface area (Å²) < 4.78 is 15.1. The van der Waals surface area contributed by atoms with Crippen molar-refractivity contribution in [1.82, 2.24) is 4.57 Å². The molecule has 0 saturated heterocycles. The van der Waals surface area contributed by atoms with Gasteiger partial charge in [-0.2, -0.15) is 0 Å². The highest BCUT2D eigenvalue weighted by Gasteiger charge is 2.33. The highest BCUT2D eigenvalue weighted by molar-refractivity contribution is 9.10. The molecule has 6 nitrogen and oxygen atoms in total. The maximum Gasteiger partial charge on any atom is 0.338 e. The first-order valence-corrected chi connectivity index (χ1v) is 15.1. The molecule has 1 aliphatic rings. The van der Waals surface area contributed by atoms with E-state index in [4.69, 9.17) is 21.1 Å². The van der Waals surface area contributed by atoms with Gasteiger partial charge >= 0.3 is 5.97 Å². The lowest BCUT2D eigenvalue weighted by atomic mass is 9.96. The number of fused-ring (bicyclic) bond motifs is 1. The monoisotopic (exact) mass is 700 g/mol. The standard InChI is InChI=1S/C30H23Br2ClN2O4S/c1-3-38-29(37)26-17(2)34-30-35(27(26)20-7-9-21(31)10-8-20)28(36)25(40-30)15-19-6-13-24(23(32)14-19)39-16-18-4-11-22(33)12-5-18/h4-15,27H,3,16H2,1-2H3/b25-15-/t27-/m0/s1. The summed E-state index contributed by atoms with van der Waals surface area (Å²) in [6, 6.07) is 20.0. The van der Waals surface area contributed by atoms with E-state index in [-0.39, 0.29) is 12.2 Å². The van der Waals surface area contributed by atoms with Crippen LogP contribution in [0.5, 0.6) is 5.75 Å². The molecule has 204 valence electrons. The van der Waals surface area contributed by atoms with Crippen molar-refractivity contribution in [2.24, 2.45) is 4.99 Å². The summed E-state index contributed by atoms with van der Waals surface area (Å²) in [6.45, 7) is 4.14. The van der Waals surface area contributed by atoms with Crippen molar-refractivity contribution in [3.8, 4) is 5.75 Å². The van der Waals surface area contributed by atoms with Gasteiger partial charge in [-0.3, -0.25) is 9.36 Å². The smallest absolute Gasteiger partial charge is 0.338 e. The van der Waals surface area contributed by atoms with Crippen molar-refractivity contribution in [3.63, 3.8) is 0 Å². The number of allylic oxidation sites excluding steroid dienone is 1. The molecule has 0 bridgehead atoms. The van der Waals surface area contributed by atoms with Gasteiger partial charge in [-0.15, -0.1) is 0 Å². The van der Waals surface area contributed by atoms with E-state index in [0.717, 1.165) is 25.6 Å². The van der Waals surface area contributed by atoms with Crippen molar-refractivity contribution < 1.29 is 14.3 Å². The summed E-state index contributed by atoms with van der Waals surface area (Å²) in [5, 5.41) is 0.676. The van der Waals surface area contributed by atoms with Gasteiger partial charge in [-0.1, -0.05) is 69.2 Å². The molecule has 40 heavy (non-hydrogen) atoms. The minimum Gasteiger partial charge on any atom is -0.488 e. The van der Waals surface area contributed by atoms with Gasteiger partial charge < -0.3 is 9.47 Å². The predicted octanol–water partition coefficient (Wildman–Crippen LogP) is 6.56. The van der Waals surface area contributed by atoms with Crippen molar-refractivity contribution in [2.75, 3.05) is 6.61 Å². The molecular formula is C30H23Br2ClN2O4S. The molecule has 0 aliphatic carbocycles. The summed E-state index contributed by atoms with van der Waals surface area (Å²) in [5.41, 5.74) is 3.26. The Morgan fingerprint density at radius 2 is 1.82 bits per heavy atom. The van der Waals surface area contributed by atoms with Crippen molar-refractivity contribution in [2.45, 2.75) is 26.5 Å². The fourth-order valence-electron chi connectivity index (χ4n) is 4.37. The predicted molar refractivity (Wildman–Crippen MR) is 164 cm³/mol. The number of aromatic nitrogens is 1. The largest absolute Gasteiger partial charge is 0.488 e. The summed E-state index contributed by atoms with van der Waals surface area (Å²) in [7, 11) is 0. The van der Waals surface area contributed by atoms with Crippen LogP contribution in [0.4, 0.5) is 0 Å². The molecule has 0 fully saturated rings. The molecule has 4 aromatic rings. The molecule has 0 radical (unpaired) electrons. The van der Waals surface area contributed by atoms with Gasteiger partial charge in [0.1, 0.15) is 12.4 Å². The number of hydrogen-bond acceptors (Lipinski definition) is 6. The molecule has 5 rings (SSSR count). The molecule has 1 atom stereocenters. The van der Waals surface area contributed by atoms with Crippen LogP contribution in [-0.2, 0) is 16.1 Å². The first-order valence-electron chi connectivity index (χ1n) is 12.4. The van der Waals surface area contributed by atoms with Crippen LogP contribution in [0.2, 0.25) is 5.02 Å². The third kappa shape index (κ3) is 6.02. The average Bonchev–Trinajstić information content (AvgIpc) is 3.23. The summed E-state index contributed by atoms with van der Waals surface area (Å²) in [5.74, 6) is 0.197. The SMILES string of the molecule is CCOC(=O)C1=C(C)N=c2s/c(=C\c3ccc(OCc4ccc(Cl)cc4)c(Br)c3)c(=O)n2[C@H]1c1ccc(Br)cc1. The van der Waals surface area contributed by atoms with E-state index in [9.17, 15) is 9.59 Å². The van der Waals surface area contributed by atoms with Gasteiger partial charge in [-0.25, -0.2) is 9.79 Å². The van der Waals surface area contributed by atoms with Gasteiger partial charge in [-0.05, 0) is 88.9 Å². The summed E-state index contributed by atoms with van der Waals surface area (Å²) in [6.07, 6.45) is 1.82. The molecule has 1 aliphatic heterocycles. The number of nitrogens with zero attached hydrogens (tertiary/aromatic N) is 2. The van der Waals surface area contributed by atoms with E-state index in [1.165, 1.54) is 11.3 Å². The number of halogens is 3.